The van der Waals surface area contributed by atoms with Crippen LogP contribution in [0.2, 0.25) is 0 Å². The molecule has 1 atom stereocenters. The van der Waals surface area contributed by atoms with Crippen molar-refractivity contribution in [2.24, 2.45) is 0 Å². The first-order chi connectivity index (χ1) is 17.6. The van der Waals surface area contributed by atoms with E-state index in [-0.39, 0.29) is 18.3 Å². The molecule has 0 aliphatic rings. The number of nitrogens with zero attached hydrogens (tertiary/aromatic N) is 4. The first-order valence-electron chi connectivity index (χ1n) is 11.3. The Bertz CT molecular complexity index is 1500. The fourth-order valence-electron chi connectivity index (χ4n) is 3.67. The summed E-state index contributed by atoms with van der Waals surface area (Å²) in [6.07, 6.45) is 1.72. The average molecular weight is 500 g/mol. The Morgan fingerprint density at radius 1 is 1.00 bits per heavy atom. The van der Waals surface area contributed by atoms with Crippen LogP contribution in [0.15, 0.2) is 96.3 Å². The second kappa shape index (κ2) is 10.6. The first kappa shape index (κ1) is 23.5. The molecule has 5 aromatic rings. The number of anilines is 1. The van der Waals surface area contributed by atoms with Crippen LogP contribution >= 0.6 is 11.8 Å². The molecule has 0 aliphatic heterocycles. The molecule has 180 valence electrons. The second-order valence-corrected chi connectivity index (χ2v) is 9.22. The highest BCUT2D eigenvalue weighted by molar-refractivity contribution is 8.00. The van der Waals surface area contributed by atoms with E-state index in [1.54, 1.807) is 24.4 Å². The Morgan fingerprint density at radius 3 is 2.64 bits per heavy atom. The minimum atomic E-state index is -0.482. The molecule has 1 amide bonds. The Hall–Kier alpha value is -4.24. The van der Waals surface area contributed by atoms with Crippen molar-refractivity contribution in [2.45, 2.75) is 23.9 Å². The van der Waals surface area contributed by atoms with Gasteiger partial charge in [0.1, 0.15) is 6.61 Å². The number of thioether (sulfide) groups is 1. The van der Waals surface area contributed by atoms with Gasteiger partial charge in [-0.15, -0.1) is 10.2 Å². The van der Waals surface area contributed by atoms with Gasteiger partial charge in [0.2, 0.25) is 5.91 Å². The molecule has 0 saturated heterocycles. The van der Waals surface area contributed by atoms with Crippen molar-refractivity contribution in [2.75, 3.05) is 5.32 Å². The lowest BCUT2D eigenvalue weighted by Crippen LogP contribution is -2.23. The van der Waals surface area contributed by atoms with Gasteiger partial charge in [-0.2, -0.15) is 0 Å². The molecule has 0 radical (unpaired) electrons. The van der Waals surface area contributed by atoms with E-state index in [0.29, 0.717) is 16.7 Å². The Labute approximate surface area is 211 Å². The smallest absolute Gasteiger partial charge is 0.237 e. The van der Waals surface area contributed by atoms with Crippen molar-refractivity contribution in [3.8, 4) is 11.4 Å². The van der Waals surface area contributed by atoms with Gasteiger partial charge in [0.25, 0.3) is 0 Å². The van der Waals surface area contributed by atoms with Gasteiger partial charge in [-0.1, -0.05) is 48.2 Å². The van der Waals surface area contributed by atoms with E-state index in [1.807, 2.05) is 72.2 Å². The number of aromatic nitrogens is 4. The average Bonchev–Trinajstić information content (AvgIpc) is 3.31. The molecular formula is C27H22FN5O2S. The maximum atomic E-state index is 14.0. The van der Waals surface area contributed by atoms with Gasteiger partial charge in [-0.3, -0.25) is 14.3 Å². The fraction of sp³-hybridized carbons (Fsp3) is 0.111. The van der Waals surface area contributed by atoms with E-state index < -0.39 is 11.1 Å². The zero-order chi connectivity index (χ0) is 24.9. The molecule has 5 rings (SSSR count). The van der Waals surface area contributed by atoms with Gasteiger partial charge in [0.15, 0.2) is 22.5 Å². The number of carbonyl (C=O) groups excluding carboxylic acids is 1. The summed E-state index contributed by atoms with van der Waals surface area (Å²) in [4.78, 5) is 17.4. The van der Waals surface area contributed by atoms with Crippen LogP contribution in [0, 0.1) is 5.82 Å². The van der Waals surface area contributed by atoms with Gasteiger partial charge in [0, 0.05) is 17.3 Å². The number of nitrogens with one attached hydrogen (secondary N) is 1. The van der Waals surface area contributed by atoms with E-state index in [9.17, 15) is 9.18 Å². The van der Waals surface area contributed by atoms with Crippen LogP contribution in [0.5, 0.6) is 5.75 Å². The SMILES string of the molecule is CC(Sc1nnc(COc2ccccc2F)n1-c1ccccc1)C(=O)Nc1cccc2ncccc12. The molecule has 9 heteroatoms. The van der Waals surface area contributed by atoms with E-state index in [0.717, 1.165) is 16.6 Å². The zero-order valence-electron chi connectivity index (χ0n) is 19.3. The third kappa shape index (κ3) is 5.06. The van der Waals surface area contributed by atoms with Crippen molar-refractivity contribution >= 4 is 34.3 Å². The summed E-state index contributed by atoms with van der Waals surface area (Å²) in [5.74, 6) is -0.0127. The number of carbonyl (C=O) groups is 1. The minimum absolute atomic E-state index is 0.00691. The number of para-hydroxylation sites is 2. The van der Waals surface area contributed by atoms with Gasteiger partial charge in [0.05, 0.1) is 16.5 Å². The monoisotopic (exact) mass is 499 g/mol. The number of hydrogen-bond acceptors (Lipinski definition) is 6. The lowest BCUT2D eigenvalue weighted by Gasteiger charge is -2.15. The fourth-order valence-corrected chi connectivity index (χ4v) is 4.56. The topological polar surface area (TPSA) is 81.9 Å². The largest absolute Gasteiger partial charge is 0.483 e. The van der Waals surface area contributed by atoms with Crippen molar-refractivity contribution in [1.82, 2.24) is 19.7 Å². The molecular weight excluding hydrogens is 477 g/mol. The number of halogens is 1. The second-order valence-electron chi connectivity index (χ2n) is 7.91. The quantitative estimate of drug-likeness (QED) is 0.278. The summed E-state index contributed by atoms with van der Waals surface area (Å²) in [5.41, 5.74) is 2.31. The molecule has 0 saturated carbocycles. The van der Waals surface area contributed by atoms with Gasteiger partial charge < -0.3 is 10.1 Å². The highest BCUT2D eigenvalue weighted by Gasteiger charge is 2.22. The lowest BCUT2D eigenvalue weighted by molar-refractivity contribution is -0.115. The molecule has 0 bridgehead atoms. The molecule has 1 unspecified atom stereocenters. The van der Waals surface area contributed by atoms with Crippen LogP contribution in [-0.4, -0.2) is 30.9 Å². The summed E-state index contributed by atoms with van der Waals surface area (Å²) < 4.78 is 21.5. The summed E-state index contributed by atoms with van der Waals surface area (Å²) in [6, 6.07) is 25.1. The van der Waals surface area contributed by atoms with E-state index in [2.05, 4.69) is 20.5 Å². The molecule has 0 fully saturated rings. The van der Waals surface area contributed by atoms with Crippen molar-refractivity contribution in [1.29, 1.82) is 0 Å². The predicted octanol–water partition coefficient (Wildman–Crippen LogP) is 5.65. The highest BCUT2D eigenvalue weighted by atomic mass is 32.2. The number of ether oxygens (including phenoxy) is 1. The van der Waals surface area contributed by atoms with E-state index in [4.69, 9.17) is 4.74 Å². The number of amides is 1. The summed E-state index contributed by atoms with van der Waals surface area (Å²) >= 11 is 1.28. The first-order valence-corrected chi connectivity index (χ1v) is 12.2. The minimum Gasteiger partial charge on any atom is -0.483 e. The maximum absolute atomic E-state index is 14.0. The van der Waals surface area contributed by atoms with E-state index in [1.165, 1.54) is 17.8 Å². The Kier molecular flexibility index (Phi) is 6.90. The van der Waals surface area contributed by atoms with Crippen molar-refractivity contribution < 1.29 is 13.9 Å². The molecule has 0 aliphatic carbocycles. The van der Waals surface area contributed by atoms with Crippen LogP contribution in [0.1, 0.15) is 12.7 Å². The number of fused-ring (bicyclic) bond motifs is 1. The normalized spacial score (nSPS) is 11.8. The third-order valence-electron chi connectivity index (χ3n) is 5.46. The number of benzene rings is 3. The highest BCUT2D eigenvalue weighted by Crippen LogP contribution is 2.28. The molecule has 7 nitrogen and oxygen atoms in total. The molecule has 1 N–H and O–H groups in total. The van der Waals surface area contributed by atoms with Crippen LogP contribution < -0.4 is 10.1 Å². The molecule has 36 heavy (non-hydrogen) atoms. The van der Waals surface area contributed by atoms with Gasteiger partial charge in [-0.05, 0) is 55.5 Å². The molecule has 2 heterocycles. The van der Waals surface area contributed by atoms with Gasteiger partial charge >= 0.3 is 0 Å². The van der Waals surface area contributed by atoms with Gasteiger partial charge in [-0.25, -0.2) is 4.39 Å². The van der Waals surface area contributed by atoms with Crippen LogP contribution in [0.3, 0.4) is 0 Å². The molecule has 0 spiro atoms. The Morgan fingerprint density at radius 2 is 1.81 bits per heavy atom. The molecule has 2 aromatic heterocycles. The lowest BCUT2D eigenvalue weighted by atomic mass is 10.2. The van der Waals surface area contributed by atoms with E-state index >= 15 is 0 Å². The Balaban J connectivity index is 1.37. The standard InChI is InChI=1S/C27H22FN5O2S/c1-18(26(34)30-23-14-7-13-22-20(23)11-8-16-29-22)36-27-32-31-25(33(27)19-9-3-2-4-10-19)17-35-24-15-6-5-12-21(24)28/h2-16,18H,17H2,1H3,(H,30,34). The third-order valence-corrected chi connectivity index (χ3v) is 6.51. The summed E-state index contributed by atoms with van der Waals surface area (Å²) in [5, 5.41) is 12.5. The zero-order valence-corrected chi connectivity index (χ0v) is 20.2. The van der Waals surface area contributed by atoms with Crippen molar-refractivity contribution in [3.63, 3.8) is 0 Å². The summed E-state index contributed by atoms with van der Waals surface area (Å²) in [6.45, 7) is 1.82. The predicted molar refractivity (Wildman–Crippen MR) is 138 cm³/mol. The van der Waals surface area contributed by atoms with Crippen LogP contribution in [0.25, 0.3) is 16.6 Å². The number of hydrogen-bond donors (Lipinski definition) is 1. The van der Waals surface area contributed by atoms with Crippen LogP contribution in [0.4, 0.5) is 10.1 Å². The molecule has 3 aromatic carbocycles. The summed E-state index contributed by atoms with van der Waals surface area (Å²) in [7, 11) is 0. The van der Waals surface area contributed by atoms with Crippen molar-refractivity contribution in [3.05, 3.63) is 103 Å². The number of pyridine rings is 1. The maximum Gasteiger partial charge on any atom is 0.237 e. The van der Waals surface area contributed by atoms with Crippen LogP contribution in [-0.2, 0) is 11.4 Å². The number of rotatable bonds is 8.